The Morgan fingerprint density at radius 3 is 2.78 bits per heavy atom. The summed E-state index contributed by atoms with van der Waals surface area (Å²) < 4.78 is 7.02. The smallest absolute Gasteiger partial charge is 0.328 e. The average Bonchev–Trinajstić information content (AvgIpc) is 2.67. The molecule has 0 spiro atoms. The van der Waals surface area contributed by atoms with Gasteiger partial charge in [0.2, 0.25) is 5.91 Å². The predicted octanol–water partition coefficient (Wildman–Crippen LogP) is 2.17. The molecular weight excluding hydrogens is 414 g/mol. The fraction of sp³-hybridized carbons (Fsp3) is 0.211. The average molecular weight is 432 g/mol. The summed E-state index contributed by atoms with van der Waals surface area (Å²) >= 11 is 3.31. The van der Waals surface area contributed by atoms with Crippen LogP contribution >= 0.6 is 15.9 Å². The van der Waals surface area contributed by atoms with Crippen molar-refractivity contribution in [1.82, 2.24) is 14.9 Å². The van der Waals surface area contributed by atoms with Crippen LogP contribution in [0.4, 0.5) is 0 Å². The normalized spacial score (nSPS) is 10.7. The Labute approximate surface area is 163 Å². The van der Waals surface area contributed by atoms with Crippen LogP contribution in [-0.2, 0) is 17.9 Å². The molecule has 1 amide bonds. The minimum atomic E-state index is -0.535. The second-order valence-corrected chi connectivity index (χ2v) is 6.83. The first kappa shape index (κ1) is 18.9. The summed E-state index contributed by atoms with van der Waals surface area (Å²) in [6, 6.07) is 12.4. The lowest BCUT2D eigenvalue weighted by molar-refractivity contribution is -0.121. The molecule has 27 heavy (non-hydrogen) atoms. The molecule has 2 aromatic carbocycles. The Hall–Kier alpha value is -2.87. The minimum Gasteiger partial charge on any atom is -0.496 e. The molecule has 3 rings (SSSR count). The van der Waals surface area contributed by atoms with Crippen molar-refractivity contribution < 1.29 is 9.53 Å². The predicted molar refractivity (Wildman–Crippen MR) is 106 cm³/mol. The molecular formula is C19H18BrN3O4. The third-order valence-electron chi connectivity index (χ3n) is 4.17. The molecule has 0 unspecified atom stereocenters. The van der Waals surface area contributed by atoms with Crippen LogP contribution in [0.1, 0.15) is 12.0 Å². The van der Waals surface area contributed by atoms with Gasteiger partial charge in [-0.25, -0.2) is 4.79 Å². The Balaban J connectivity index is 1.70. The minimum absolute atomic E-state index is 0.00558. The lowest BCUT2D eigenvalue weighted by Crippen LogP contribution is -2.36. The number of aromatic amines is 1. The number of rotatable bonds is 6. The molecule has 0 radical (unpaired) electrons. The fourth-order valence-corrected chi connectivity index (χ4v) is 3.13. The van der Waals surface area contributed by atoms with Gasteiger partial charge in [-0.15, -0.1) is 0 Å². The third kappa shape index (κ3) is 4.28. The second-order valence-electron chi connectivity index (χ2n) is 5.92. The van der Waals surface area contributed by atoms with Crippen molar-refractivity contribution in [3.63, 3.8) is 0 Å². The Morgan fingerprint density at radius 2 is 2.00 bits per heavy atom. The van der Waals surface area contributed by atoms with Crippen LogP contribution in [0.2, 0.25) is 0 Å². The van der Waals surface area contributed by atoms with E-state index in [1.54, 1.807) is 25.3 Å². The number of benzene rings is 2. The topological polar surface area (TPSA) is 93.2 Å². The number of amides is 1. The second kappa shape index (κ2) is 8.22. The number of hydrogen-bond acceptors (Lipinski definition) is 4. The highest BCUT2D eigenvalue weighted by molar-refractivity contribution is 9.10. The maximum Gasteiger partial charge on any atom is 0.328 e. The first-order valence-corrected chi connectivity index (χ1v) is 9.10. The highest BCUT2D eigenvalue weighted by Gasteiger charge is 2.10. The summed E-state index contributed by atoms with van der Waals surface area (Å²) in [5.74, 6) is 0.423. The lowest BCUT2D eigenvalue weighted by Gasteiger charge is -2.10. The molecule has 7 nitrogen and oxygen atoms in total. The molecule has 0 aliphatic carbocycles. The van der Waals surface area contributed by atoms with E-state index in [0.29, 0.717) is 23.2 Å². The van der Waals surface area contributed by atoms with Crippen molar-refractivity contribution in [1.29, 1.82) is 0 Å². The van der Waals surface area contributed by atoms with Gasteiger partial charge in [-0.1, -0.05) is 34.1 Å². The maximum atomic E-state index is 12.6. The maximum absolute atomic E-state index is 12.6. The number of methoxy groups -OCH3 is 1. The molecule has 0 saturated carbocycles. The first-order chi connectivity index (χ1) is 13.0. The molecule has 0 aliphatic rings. The van der Waals surface area contributed by atoms with E-state index < -0.39 is 11.2 Å². The van der Waals surface area contributed by atoms with Crippen LogP contribution in [-0.4, -0.2) is 22.6 Å². The van der Waals surface area contributed by atoms with E-state index in [0.717, 1.165) is 14.6 Å². The Bertz CT molecular complexity index is 1100. The summed E-state index contributed by atoms with van der Waals surface area (Å²) in [6.45, 7) is 0.299. The van der Waals surface area contributed by atoms with Gasteiger partial charge >= 0.3 is 5.69 Å². The number of nitrogens with one attached hydrogen (secondary N) is 2. The summed E-state index contributed by atoms with van der Waals surface area (Å²) in [5, 5.41) is 3.16. The van der Waals surface area contributed by atoms with E-state index >= 15 is 0 Å². The molecule has 1 aromatic heterocycles. The fourth-order valence-electron chi connectivity index (χ4n) is 2.77. The Kier molecular flexibility index (Phi) is 5.75. The van der Waals surface area contributed by atoms with E-state index in [9.17, 15) is 14.4 Å². The number of para-hydroxylation sites is 1. The van der Waals surface area contributed by atoms with Crippen LogP contribution in [0.3, 0.4) is 0 Å². The van der Waals surface area contributed by atoms with E-state index in [1.165, 1.54) is 0 Å². The van der Waals surface area contributed by atoms with Crippen LogP contribution in [0.25, 0.3) is 10.9 Å². The number of carbonyl (C=O) groups excluding carboxylic acids is 1. The first-order valence-electron chi connectivity index (χ1n) is 8.30. The molecule has 0 aliphatic heterocycles. The van der Waals surface area contributed by atoms with E-state index in [1.807, 2.05) is 24.3 Å². The highest BCUT2D eigenvalue weighted by atomic mass is 79.9. The zero-order valence-electron chi connectivity index (χ0n) is 14.6. The van der Waals surface area contributed by atoms with E-state index in [2.05, 4.69) is 26.2 Å². The molecule has 140 valence electrons. The molecule has 0 atom stereocenters. The van der Waals surface area contributed by atoms with E-state index in [-0.39, 0.29) is 18.9 Å². The van der Waals surface area contributed by atoms with Gasteiger partial charge in [0.1, 0.15) is 5.75 Å². The standard InChI is InChI=1S/C19H18BrN3O4/c1-27-16-5-3-2-4-12(16)11-21-17(24)8-9-23-18(25)14-10-13(20)6-7-15(14)22-19(23)26/h2-7,10H,8-9,11H2,1H3,(H,21,24)(H,22,26). The van der Waals surface area contributed by atoms with Gasteiger partial charge in [0.25, 0.3) is 5.56 Å². The molecule has 3 aromatic rings. The molecule has 0 saturated heterocycles. The van der Waals surface area contributed by atoms with Crippen LogP contribution in [0.5, 0.6) is 5.75 Å². The van der Waals surface area contributed by atoms with Crippen LogP contribution < -0.4 is 21.3 Å². The van der Waals surface area contributed by atoms with Gasteiger partial charge in [0.05, 0.1) is 18.0 Å². The summed E-state index contributed by atoms with van der Waals surface area (Å²) in [6.07, 6.45) is 0.0116. The highest BCUT2D eigenvalue weighted by Crippen LogP contribution is 2.16. The molecule has 2 N–H and O–H groups in total. The largest absolute Gasteiger partial charge is 0.496 e. The van der Waals surface area contributed by atoms with Crippen molar-refractivity contribution in [2.75, 3.05) is 7.11 Å². The number of carbonyl (C=O) groups is 1. The molecule has 0 bridgehead atoms. The zero-order chi connectivity index (χ0) is 19.4. The third-order valence-corrected chi connectivity index (χ3v) is 4.67. The number of hydrogen-bond donors (Lipinski definition) is 2. The monoisotopic (exact) mass is 431 g/mol. The van der Waals surface area contributed by atoms with Crippen molar-refractivity contribution in [2.45, 2.75) is 19.5 Å². The van der Waals surface area contributed by atoms with Crippen LogP contribution in [0, 0.1) is 0 Å². The van der Waals surface area contributed by atoms with Crippen molar-refractivity contribution >= 4 is 32.7 Å². The SMILES string of the molecule is COc1ccccc1CNC(=O)CCn1c(=O)[nH]c2ccc(Br)cc2c1=O. The van der Waals surface area contributed by atoms with Crippen molar-refractivity contribution in [3.8, 4) is 5.75 Å². The van der Waals surface area contributed by atoms with Gasteiger partial charge in [-0.3, -0.25) is 14.2 Å². The lowest BCUT2D eigenvalue weighted by atomic mass is 10.2. The summed E-state index contributed by atoms with van der Waals surface area (Å²) in [7, 11) is 1.57. The number of nitrogens with zero attached hydrogens (tertiary/aromatic N) is 1. The van der Waals surface area contributed by atoms with Gasteiger partial charge in [0, 0.05) is 29.5 Å². The Morgan fingerprint density at radius 1 is 1.22 bits per heavy atom. The van der Waals surface area contributed by atoms with Crippen molar-refractivity contribution in [2.24, 2.45) is 0 Å². The number of halogens is 1. The van der Waals surface area contributed by atoms with Gasteiger partial charge < -0.3 is 15.0 Å². The number of fused-ring (bicyclic) bond motifs is 1. The van der Waals surface area contributed by atoms with Crippen LogP contribution in [0.15, 0.2) is 56.5 Å². The molecule has 1 heterocycles. The van der Waals surface area contributed by atoms with Crippen molar-refractivity contribution in [3.05, 3.63) is 73.3 Å². The summed E-state index contributed by atoms with van der Waals surface area (Å²) in [4.78, 5) is 39.5. The van der Waals surface area contributed by atoms with Gasteiger partial charge in [-0.2, -0.15) is 0 Å². The number of ether oxygens (including phenoxy) is 1. The quantitative estimate of drug-likeness (QED) is 0.625. The van der Waals surface area contributed by atoms with Gasteiger partial charge in [-0.05, 0) is 24.3 Å². The van der Waals surface area contributed by atoms with Gasteiger partial charge in [0.15, 0.2) is 0 Å². The molecule has 0 fully saturated rings. The number of H-pyrrole nitrogens is 1. The van der Waals surface area contributed by atoms with E-state index in [4.69, 9.17) is 4.74 Å². The molecule has 8 heteroatoms. The summed E-state index contributed by atoms with van der Waals surface area (Å²) in [5.41, 5.74) is 0.351. The zero-order valence-corrected chi connectivity index (χ0v) is 16.2. The number of aromatic nitrogens is 2.